The van der Waals surface area contributed by atoms with Crippen molar-refractivity contribution in [3.8, 4) is 0 Å². The Morgan fingerprint density at radius 1 is 0.600 bits per heavy atom. The van der Waals surface area contributed by atoms with Crippen LogP contribution in [0.2, 0.25) is 0 Å². The van der Waals surface area contributed by atoms with E-state index < -0.39 is 14.3 Å². The van der Waals surface area contributed by atoms with E-state index in [0.29, 0.717) is 0 Å². The third-order valence-electron chi connectivity index (χ3n) is 3.81. The predicted molar refractivity (Wildman–Crippen MR) is 87.0 cm³/mol. The van der Waals surface area contributed by atoms with Gasteiger partial charge in [-0.05, 0) is 0 Å². The van der Waals surface area contributed by atoms with E-state index in [-0.39, 0.29) is 0 Å². The van der Waals surface area contributed by atoms with E-state index in [9.17, 15) is 3.78 Å². The van der Waals surface area contributed by atoms with Crippen molar-refractivity contribution in [3.05, 3.63) is 57.6 Å². The Bertz CT molecular complexity index is 593. The van der Waals surface area contributed by atoms with Crippen LogP contribution in [0.1, 0.15) is 33.4 Å². The Labute approximate surface area is 126 Å². The molecule has 0 unspecified atom stereocenters. The first-order valence-electron chi connectivity index (χ1n) is 7.01. The van der Waals surface area contributed by atoms with Crippen molar-refractivity contribution in [3.63, 3.8) is 0 Å². The average Bonchev–Trinajstić information content (AvgIpc) is 2.25. The Hall–Kier alpha value is -1.22. The number of benzene rings is 2. The summed E-state index contributed by atoms with van der Waals surface area (Å²) < 4.78 is 15.4. The molecule has 104 valence electrons. The maximum atomic E-state index is 13.2. The van der Waals surface area contributed by atoms with Crippen LogP contribution in [-0.2, 0) is 3.78 Å². The predicted octanol–water partition coefficient (Wildman–Crippen LogP) is 3.07. The molecule has 0 aromatic heterocycles. The molecular weight excluding hydrogens is 305 g/mol. The van der Waals surface area contributed by atoms with Gasteiger partial charge in [0.25, 0.3) is 0 Å². The molecule has 0 saturated carbocycles. The van der Waals surface area contributed by atoms with Gasteiger partial charge in [0.2, 0.25) is 0 Å². The summed E-state index contributed by atoms with van der Waals surface area (Å²) in [4.78, 5) is 0. The molecule has 2 rings (SSSR count). The maximum absolute atomic E-state index is 13.2. The topological polar surface area (TPSA) is 17.1 Å². The third-order valence-corrected chi connectivity index (χ3v) is 9.02. The fourth-order valence-electron chi connectivity index (χ4n) is 3.20. The standard InChI is InChI=1S/C18H22GeO/c1-11-7-13(3)17(14(4)8-11)19(20)18-15(5)9-12(2)10-16(18)6/h7-10H,1-6H3. The van der Waals surface area contributed by atoms with Crippen LogP contribution < -0.4 is 8.79 Å². The second-order valence-corrected chi connectivity index (χ2v) is 9.36. The van der Waals surface area contributed by atoms with E-state index in [1.165, 1.54) is 33.4 Å². The molecule has 1 nitrogen and oxygen atoms in total. The van der Waals surface area contributed by atoms with Crippen LogP contribution >= 0.6 is 0 Å². The summed E-state index contributed by atoms with van der Waals surface area (Å²) in [5, 5.41) is 0. The molecule has 0 spiro atoms. The second kappa shape index (κ2) is 5.65. The minimum absolute atomic E-state index is 1.10. The van der Waals surface area contributed by atoms with Gasteiger partial charge in [-0.15, -0.1) is 0 Å². The van der Waals surface area contributed by atoms with Gasteiger partial charge in [0, 0.05) is 0 Å². The van der Waals surface area contributed by atoms with Crippen LogP contribution in [0, 0.1) is 41.5 Å². The molecule has 2 heteroatoms. The zero-order valence-electron chi connectivity index (χ0n) is 13.2. The SMILES string of the molecule is Cc1cc(C)[c]([Ge](=[O])[c]2c(C)cc(C)cc2C)c(C)c1. The van der Waals surface area contributed by atoms with Gasteiger partial charge in [-0.1, -0.05) is 0 Å². The van der Waals surface area contributed by atoms with Gasteiger partial charge in [0.05, 0.1) is 0 Å². The van der Waals surface area contributed by atoms with Gasteiger partial charge in [0.1, 0.15) is 0 Å². The zero-order valence-corrected chi connectivity index (χ0v) is 15.3. The molecule has 0 amide bonds. The molecule has 0 saturated heterocycles. The van der Waals surface area contributed by atoms with Crippen LogP contribution in [0.3, 0.4) is 0 Å². The summed E-state index contributed by atoms with van der Waals surface area (Å²) in [5.41, 5.74) is 7.18. The molecule has 0 N–H and O–H groups in total. The Morgan fingerprint density at radius 2 is 0.850 bits per heavy atom. The van der Waals surface area contributed by atoms with Crippen LogP contribution in [0.4, 0.5) is 0 Å². The number of aryl methyl sites for hydroxylation is 6. The van der Waals surface area contributed by atoms with Gasteiger partial charge < -0.3 is 0 Å². The van der Waals surface area contributed by atoms with Crippen molar-refractivity contribution in [2.24, 2.45) is 0 Å². The molecule has 2 aromatic carbocycles. The van der Waals surface area contributed by atoms with Crippen LogP contribution in [0.25, 0.3) is 0 Å². The molecule has 20 heavy (non-hydrogen) atoms. The van der Waals surface area contributed by atoms with Gasteiger partial charge in [-0.3, -0.25) is 0 Å². The van der Waals surface area contributed by atoms with Crippen LogP contribution in [0.5, 0.6) is 0 Å². The Balaban J connectivity index is 2.64. The van der Waals surface area contributed by atoms with Crippen molar-refractivity contribution in [1.82, 2.24) is 0 Å². The van der Waals surface area contributed by atoms with E-state index >= 15 is 0 Å². The van der Waals surface area contributed by atoms with Gasteiger partial charge in [-0.2, -0.15) is 0 Å². The van der Waals surface area contributed by atoms with Crippen LogP contribution in [0.15, 0.2) is 24.3 Å². The first-order chi connectivity index (χ1) is 9.31. The summed E-state index contributed by atoms with van der Waals surface area (Å²) in [6, 6.07) is 8.58. The van der Waals surface area contributed by atoms with Crippen molar-refractivity contribution >= 4 is 23.1 Å². The van der Waals surface area contributed by atoms with Crippen molar-refractivity contribution in [2.75, 3.05) is 0 Å². The average molecular weight is 327 g/mol. The monoisotopic (exact) mass is 328 g/mol. The quantitative estimate of drug-likeness (QED) is 0.775. The first kappa shape index (κ1) is 15.2. The van der Waals surface area contributed by atoms with Gasteiger partial charge >= 0.3 is 126 Å². The van der Waals surface area contributed by atoms with E-state index in [0.717, 1.165) is 8.79 Å². The molecule has 0 radical (unpaired) electrons. The molecule has 2 aromatic rings. The summed E-state index contributed by atoms with van der Waals surface area (Å²) >= 11 is -2.68. The van der Waals surface area contributed by atoms with E-state index in [1.54, 1.807) is 0 Å². The summed E-state index contributed by atoms with van der Waals surface area (Å²) in [5.74, 6) is 0. The minimum atomic E-state index is -2.68. The van der Waals surface area contributed by atoms with Crippen molar-refractivity contribution in [1.29, 1.82) is 0 Å². The summed E-state index contributed by atoms with van der Waals surface area (Å²) in [7, 11) is 0. The molecule has 0 aliphatic carbocycles. The second-order valence-electron chi connectivity index (χ2n) is 5.88. The number of rotatable bonds is 2. The Morgan fingerprint density at radius 3 is 1.10 bits per heavy atom. The van der Waals surface area contributed by atoms with Gasteiger partial charge in [0.15, 0.2) is 0 Å². The third kappa shape index (κ3) is 2.78. The molecule has 0 fully saturated rings. The van der Waals surface area contributed by atoms with E-state index in [4.69, 9.17) is 0 Å². The number of hydrogen-bond donors (Lipinski definition) is 0. The first-order valence-corrected chi connectivity index (χ1v) is 9.97. The Kier molecular flexibility index (Phi) is 4.29. The molecular formula is C18H22GeO. The molecule has 0 aliphatic heterocycles. The molecule has 0 atom stereocenters. The number of hydrogen-bond acceptors (Lipinski definition) is 1. The molecule has 0 heterocycles. The van der Waals surface area contributed by atoms with Crippen molar-refractivity contribution in [2.45, 2.75) is 41.5 Å². The van der Waals surface area contributed by atoms with E-state index in [1.807, 2.05) is 0 Å². The molecule has 0 bridgehead atoms. The van der Waals surface area contributed by atoms with Crippen molar-refractivity contribution < 1.29 is 3.78 Å². The fourth-order valence-corrected chi connectivity index (χ4v) is 7.34. The summed E-state index contributed by atoms with van der Waals surface area (Å²) in [6.45, 7) is 12.5. The van der Waals surface area contributed by atoms with Gasteiger partial charge in [-0.25, -0.2) is 0 Å². The molecule has 0 aliphatic rings. The normalized spacial score (nSPS) is 10.7. The summed E-state index contributed by atoms with van der Waals surface area (Å²) in [6.07, 6.45) is 0. The zero-order chi connectivity index (χ0) is 15.0. The van der Waals surface area contributed by atoms with E-state index in [2.05, 4.69) is 65.8 Å². The van der Waals surface area contributed by atoms with Crippen LogP contribution in [-0.4, -0.2) is 14.3 Å². The fraction of sp³-hybridized carbons (Fsp3) is 0.333.